The van der Waals surface area contributed by atoms with Crippen molar-refractivity contribution in [1.29, 1.82) is 0 Å². The van der Waals surface area contributed by atoms with Crippen LogP contribution in [0, 0.1) is 5.92 Å². The van der Waals surface area contributed by atoms with E-state index in [-0.39, 0.29) is 17.5 Å². The van der Waals surface area contributed by atoms with Crippen LogP contribution in [0.3, 0.4) is 0 Å². The summed E-state index contributed by atoms with van der Waals surface area (Å²) < 4.78 is 5.13. The summed E-state index contributed by atoms with van der Waals surface area (Å²) in [4.78, 5) is 11.1. The SMILES string of the molecule is CC1=CC(=O)OC(CC(C)C)C1Cl. The minimum Gasteiger partial charge on any atom is -0.457 e. The second-order valence-corrected chi connectivity index (χ2v) is 4.37. The second kappa shape index (κ2) is 4.14. The van der Waals surface area contributed by atoms with E-state index in [4.69, 9.17) is 16.3 Å². The maximum atomic E-state index is 11.1. The van der Waals surface area contributed by atoms with Gasteiger partial charge < -0.3 is 4.74 Å². The first-order valence-electron chi connectivity index (χ1n) is 4.53. The Hall–Kier alpha value is -0.500. The van der Waals surface area contributed by atoms with Crippen LogP contribution in [0.25, 0.3) is 0 Å². The number of esters is 1. The van der Waals surface area contributed by atoms with E-state index in [1.54, 1.807) is 0 Å². The number of carbonyl (C=O) groups excluding carboxylic acids is 1. The van der Waals surface area contributed by atoms with Gasteiger partial charge in [-0.25, -0.2) is 4.79 Å². The molecule has 1 aliphatic rings. The normalized spacial score (nSPS) is 28.7. The number of hydrogen-bond donors (Lipinski definition) is 0. The number of carbonyl (C=O) groups is 1. The summed E-state index contributed by atoms with van der Waals surface area (Å²) in [6.07, 6.45) is 2.14. The minimum absolute atomic E-state index is 0.153. The number of cyclic esters (lactones) is 1. The van der Waals surface area contributed by atoms with Crippen LogP contribution in [-0.4, -0.2) is 17.5 Å². The quantitative estimate of drug-likeness (QED) is 0.508. The average molecular weight is 203 g/mol. The fourth-order valence-corrected chi connectivity index (χ4v) is 1.65. The molecule has 74 valence electrons. The first kappa shape index (κ1) is 10.6. The lowest BCUT2D eigenvalue weighted by Crippen LogP contribution is -2.33. The van der Waals surface area contributed by atoms with Gasteiger partial charge in [0.2, 0.25) is 0 Å². The van der Waals surface area contributed by atoms with Crippen molar-refractivity contribution >= 4 is 17.6 Å². The fourth-order valence-electron chi connectivity index (χ4n) is 1.43. The molecule has 0 fully saturated rings. The van der Waals surface area contributed by atoms with E-state index >= 15 is 0 Å². The lowest BCUT2D eigenvalue weighted by molar-refractivity contribution is -0.144. The lowest BCUT2D eigenvalue weighted by atomic mass is 9.98. The van der Waals surface area contributed by atoms with Gasteiger partial charge in [0.15, 0.2) is 0 Å². The van der Waals surface area contributed by atoms with Crippen LogP contribution in [0.2, 0.25) is 0 Å². The summed E-state index contributed by atoms with van der Waals surface area (Å²) >= 11 is 6.10. The first-order chi connectivity index (χ1) is 6.00. The van der Waals surface area contributed by atoms with Crippen LogP contribution >= 0.6 is 11.6 Å². The molecule has 0 aromatic carbocycles. The molecule has 0 saturated carbocycles. The van der Waals surface area contributed by atoms with Crippen LogP contribution in [0.5, 0.6) is 0 Å². The average Bonchev–Trinajstić information content (AvgIpc) is 1.98. The predicted octanol–water partition coefficient (Wildman–Crippen LogP) is 2.51. The largest absolute Gasteiger partial charge is 0.457 e. The van der Waals surface area contributed by atoms with Gasteiger partial charge in [-0.05, 0) is 24.8 Å². The summed E-state index contributed by atoms with van der Waals surface area (Å²) in [5.74, 6) is 0.227. The molecular weight excluding hydrogens is 188 g/mol. The highest BCUT2D eigenvalue weighted by molar-refractivity contribution is 6.23. The summed E-state index contributed by atoms with van der Waals surface area (Å²) in [6, 6.07) is 0. The predicted molar refractivity (Wildman–Crippen MR) is 52.7 cm³/mol. The molecule has 0 saturated heterocycles. The molecule has 0 aliphatic carbocycles. The molecule has 13 heavy (non-hydrogen) atoms. The zero-order valence-corrected chi connectivity index (χ0v) is 8.97. The Balaban J connectivity index is 2.67. The number of hydrogen-bond acceptors (Lipinski definition) is 2. The standard InChI is InChI=1S/C10H15ClO2/c1-6(2)4-8-10(11)7(3)5-9(12)13-8/h5-6,8,10H,4H2,1-3H3. The van der Waals surface area contributed by atoms with Crippen molar-refractivity contribution in [1.82, 2.24) is 0 Å². The lowest BCUT2D eigenvalue weighted by Gasteiger charge is -2.27. The third kappa shape index (κ3) is 2.73. The number of ether oxygens (including phenoxy) is 1. The van der Waals surface area contributed by atoms with Crippen LogP contribution in [0.15, 0.2) is 11.6 Å². The van der Waals surface area contributed by atoms with Gasteiger partial charge in [0.1, 0.15) is 6.10 Å². The van der Waals surface area contributed by atoms with Gasteiger partial charge in [-0.3, -0.25) is 0 Å². The van der Waals surface area contributed by atoms with E-state index in [1.807, 2.05) is 6.92 Å². The van der Waals surface area contributed by atoms with Crippen molar-refractivity contribution in [2.24, 2.45) is 5.92 Å². The molecule has 1 heterocycles. The van der Waals surface area contributed by atoms with Crippen molar-refractivity contribution in [2.75, 3.05) is 0 Å². The summed E-state index contributed by atoms with van der Waals surface area (Å²) in [6.45, 7) is 6.04. The zero-order valence-electron chi connectivity index (χ0n) is 8.21. The van der Waals surface area contributed by atoms with Gasteiger partial charge in [0.25, 0.3) is 0 Å². The third-order valence-corrected chi connectivity index (χ3v) is 2.70. The van der Waals surface area contributed by atoms with E-state index < -0.39 is 0 Å². The summed E-state index contributed by atoms with van der Waals surface area (Å²) in [5.41, 5.74) is 0.906. The molecular formula is C10H15ClO2. The highest BCUT2D eigenvalue weighted by Crippen LogP contribution is 2.25. The molecule has 0 aromatic heterocycles. The van der Waals surface area contributed by atoms with E-state index in [9.17, 15) is 4.79 Å². The molecule has 1 aliphatic heterocycles. The summed E-state index contributed by atoms with van der Waals surface area (Å²) in [7, 11) is 0. The number of halogens is 1. The number of rotatable bonds is 2. The van der Waals surface area contributed by atoms with Crippen LogP contribution < -0.4 is 0 Å². The molecule has 1 rings (SSSR count). The highest BCUT2D eigenvalue weighted by atomic mass is 35.5. The van der Waals surface area contributed by atoms with Crippen molar-refractivity contribution in [2.45, 2.75) is 38.7 Å². The van der Waals surface area contributed by atoms with Crippen molar-refractivity contribution in [3.05, 3.63) is 11.6 Å². The van der Waals surface area contributed by atoms with Gasteiger partial charge in [-0.1, -0.05) is 13.8 Å². The highest BCUT2D eigenvalue weighted by Gasteiger charge is 2.29. The molecule has 0 aromatic rings. The Kier molecular flexibility index (Phi) is 3.37. The van der Waals surface area contributed by atoms with Gasteiger partial charge in [0.05, 0.1) is 5.38 Å². The number of alkyl halides is 1. The molecule has 0 spiro atoms. The molecule has 0 amide bonds. The van der Waals surface area contributed by atoms with Crippen molar-refractivity contribution in [3.63, 3.8) is 0 Å². The Morgan fingerprint density at radius 2 is 2.23 bits per heavy atom. The van der Waals surface area contributed by atoms with Gasteiger partial charge >= 0.3 is 5.97 Å². The monoisotopic (exact) mass is 202 g/mol. The molecule has 2 atom stereocenters. The van der Waals surface area contributed by atoms with Crippen LogP contribution in [0.1, 0.15) is 27.2 Å². The zero-order chi connectivity index (χ0) is 10.0. The molecule has 0 N–H and O–H groups in total. The van der Waals surface area contributed by atoms with E-state index in [0.717, 1.165) is 12.0 Å². The van der Waals surface area contributed by atoms with E-state index in [1.165, 1.54) is 6.08 Å². The molecule has 0 radical (unpaired) electrons. The molecule has 2 nitrogen and oxygen atoms in total. The first-order valence-corrected chi connectivity index (χ1v) is 4.97. The minimum atomic E-state index is -0.264. The Bertz CT molecular complexity index is 233. The second-order valence-electron chi connectivity index (χ2n) is 3.90. The fraction of sp³-hybridized carbons (Fsp3) is 0.700. The maximum absolute atomic E-state index is 11.1. The summed E-state index contributed by atoms with van der Waals surface area (Å²) in [5, 5.41) is -0.153. The third-order valence-electron chi connectivity index (χ3n) is 2.08. The molecule has 0 bridgehead atoms. The van der Waals surface area contributed by atoms with E-state index in [0.29, 0.717) is 5.92 Å². The van der Waals surface area contributed by atoms with Crippen molar-refractivity contribution < 1.29 is 9.53 Å². The van der Waals surface area contributed by atoms with Gasteiger partial charge in [-0.2, -0.15) is 0 Å². The van der Waals surface area contributed by atoms with Crippen molar-refractivity contribution in [3.8, 4) is 0 Å². The van der Waals surface area contributed by atoms with E-state index in [2.05, 4.69) is 13.8 Å². The maximum Gasteiger partial charge on any atom is 0.331 e. The molecule has 3 heteroatoms. The topological polar surface area (TPSA) is 26.3 Å². The van der Waals surface area contributed by atoms with Crippen LogP contribution in [0.4, 0.5) is 0 Å². The Morgan fingerprint density at radius 1 is 1.62 bits per heavy atom. The Labute approximate surface area is 83.9 Å². The van der Waals surface area contributed by atoms with Crippen LogP contribution in [-0.2, 0) is 9.53 Å². The van der Waals surface area contributed by atoms with Gasteiger partial charge in [0, 0.05) is 6.08 Å². The Morgan fingerprint density at radius 3 is 2.77 bits per heavy atom. The smallest absolute Gasteiger partial charge is 0.331 e. The molecule has 2 unspecified atom stereocenters. The van der Waals surface area contributed by atoms with Gasteiger partial charge in [-0.15, -0.1) is 11.6 Å².